The topological polar surface area (TPSA) is 78.1 Å². The van der Waals surface area contributed by atoms with Crippen LogP contribution in [0, 0.1) is 0 Å². The number of hydrogen-bond acceptors (Lipinski definition) is 4. The molecule has 0 spiro atoms. The van der Waals surface area contributed by atoms with E-state index in [2.05, 4.69) is 44.7 Å². The van der Waals surface area contributed by atoms with Gasteiger partial charge in [-0.25, -0.2) is 5.10 Å². The maximum absolute atomic E-state index is 12.2. The zero-order chi connectivity index (χ0) is 19.2. The van der Waals surface area contributed by atoms with Crippen molar-refractivity contribution in [1.82, 2.24) is 20.4 Å². The lowest BCUT2D eigenvalue weighted by Crippen LogP contribution is -2.25. The summed E-state index contributed by atoms with van der Waals surface area (Å²) in [5, 5.41) is 8.87. The zero-order valence-electron chi connectivity index (χ0n) is 15.4. The molecule has 1 aromatic heterocycles. The summed E-state index contributed by atoms with van der Waals surface area (Å²) in [6.45, 7) is 1.26. The van der Waals surface area contributed by atoms with Gasteiger partial charge in [-0.05, 0) is 42.4 Å². The minimum Gasteiger partial charge on any atom is -0.347 e. The van der Waals surface area contributed by atoms with E-state index in [1.807, 2.05) is 38.4 Å². The second-order valence-corrected chi connectivity index (χ2v) is 6.58. The molecule has 1 amide bonds. The second kappa shape index (κ2) is 8.42. The molecule has 0 aliphatic rings. The van der Waals surface area contributed by atoms with Gasteiger partial charge in [-0.1, -0.05) is 48.5 Å². The number of rotatable bonds is 6. The van der Waals surface area contributed by atoms with Crippen molar-refractivity contribution in [2.24, 2.45) is 0 Å². The maximum atomic E-state index is 12.2. The van der Waals surface area contributed by atoms with Crippen molar-refractivity contribution in [3.05, 3.63) is 87.8 Å². The van der Waals surface area contributed by atoms with E-state index < -0.39 is 0 Å². The largest absolute Gasteiger partial charge is 0.347 e. The van der Waals surface area contributed by atoms with Crippen LogP contribution >= 0.6 is 0 Å². The average Bonchev–Trinajstić information content (AvgIpc) is 2.67. The highest BCUT2D eigenvalue weighted by Crippen LogP contribution is 2.24. The fourth-order valence-electron chi connectivity index (χ4n) is 2.85. The SMILES string of the molecule is CN(C)Cc1ccc(-c2ccccc2CNC(=O)c2ccc(=O)[nH]n2)cc1. The third kappa shape index (κ3) is 4.89. The molecule has 0 saturated heterocycles. The molecule has 0 aliphatic carbocycles. The van der Waals surface area contributed by atoms with Gasteiger partial charge in [0, 0.05) is 19.2 Å². The van der Waals surface area contributed by atoms with E-state index >= 15 is 0 Å². The minimum atomic E-state index is -0.338. The summed E-state index contributed by atoms with van der Waals surface area (Å²) in [6.07, 6.45) is 0. The molecule has 0 unspecified atom stereocenters. The molecule has 6 heteroatoms. The fourth-order valence-corrected chi connectivity index (χ4v) is 2.85. The van der Waals surface area contributed by atoms with Gasteiger partial charge in [0.05, 0.1) is 0 Å². The van der Waals surface area contributed by atoms with Crippen LogP contribution in [0.4, 0.5) is 0 Å². The molecule has 3 rings (SSSR count). The quantitative estimate of drug-likeness (QED) is 0.706. The van der Waals surface area contributed by atoms with Crippen LogP contribution in [0.25, 0.3) is 11.1 Å². The highest BCUT2D eigenvalue weighted by molar-refractivity contribution is 5.92. The van der Waals surface area contributed by atoms with Gasteiger partial charge in [0.25, 0.3) is 11.5 Å². The fraction of sp³-hybridized carbons (Fsp3) is 0.190. The number of nitrogens with one attached hydrogen (secondary N) is 2. The first-order valence-corrected chi connectivity index (χ1v) is 8.69. The van der Waals surface area contributed by atoms with Gasteiger partial charge >= 0.3 is 0 Å². The highest BCUT2D eigenvalue weighted by Gasteiger charge is 2.10. The number of aromatic amines is 1. The molecule has 6 nitrogen and oxygen atoms in total. The van der Waals surface area contributed by atoms with Crippen LogP contribution < -0.4 is 10.9 Å². The Labute approximate surface area is 157 Å². The number of aromatic nitrogens is 2. The molecular formula is C21H22N4O2. The molecule has 0 radical (unpaired) electrons. The molecule has 138 valence electrons. The first-order valence-electron chi connectivity index (χ1n) is 8.69. The van der Waals surface area contributed by atoms with Crippen molar-refractivity contribution >= 4 is 5.91 Å². The zero-order valence-corrected chi connectivity index (χ0v) is 15.4. The van der Waals surface area contributed by atoms with E-state index in [-0.39, 0.29) is 17.2 Å². The van der Waals surface area contributed by atoms with Gasteiger partial charge in [0.1, 0.15) is 5.69 Å². The van der Waals surface area contributed by atoms with Crippen LogP contribution in [-0.4, -0.2) is 35.1 Å². The summed E-state index contributed by atoms with van der Waals surface area (Å²) in [7, 11) is 4.09. The van der Waals surface area contributed by atoms with Crippen LogP contribution in [0.2, 0.25) is 0 Å². The smallest absolute Gasteiger partial charge is 0.271 e. The molecule has 0 atom stereocenters. The van der Waals surface area contributed by atoms with Crippen LogP contribution in [0.5, 0.6) is 0 Å². The number of hydrogen-bond donors (Lipinski definition) is 2. The van der Waals surface area contributed by atoms with Crippen molar-refractivity contribution in [3.63, 3.8) is 0 Å². The van der Waals surface area contributed by atoms with Crippen LogP contribution in [-0.2, 0) is 13.1 Å². The highest BCUT2D eigenvalue weighted by atomic mass is 16.2. The number of carbonyl (C=O) groups excluding carboxylic acids is 1. The Hall–Kier alpha value is -3.25. The van der Waals surface area contributed by atoms with Crippen LogP contribution in [0.15, 0.2) is 65.5 Å². The number of H-pyrrole nitrogens is 1. The second-order valence-electron chi connectivity index (χ2n) is 6.58. The maximum Gasteiger partial charge on any atom is 0.271 e. The van der Waals surface area contributed by atoms with E-state index in [9.17, 15) is 9.59 Å². The Morgan fingerprint density at radius 2 is 1.78 bits per heavy atom. The first kappa shape index (κ1) is 18.5. The first-order chi connectivity index (χ1) is 13.0. The van der Waals surface area contributed by atoms with Crippen molar-refractivity contribution in [3.8, 4) is 11.1 Å². The van der Waals surface area contributed by atoms with Gasteiger partial charge in [-0.15, -0.1) is 0 Å². The average molecular weight is 362 g/mol. The lowest BCUT2D eigenvalue weighted by atomic mass is 9.98. The lowest BCUT2D eigenvalue weighted by molar-refractivity contribution is 0.0945. The van der Waals surface area contributed by atoms with Gasteiger partial charge in [0.2, 0.25) is 0 Å². The normalized spacial score (nSPS) is 10.8. The predicted molar refractivity (Wildman–Crippen MR) is 105 cm³/mol. The predicted octanol–water partition coefficient (Wildman–Crippen LogP) is 2.43. The Bertz CT molecular complexity index is 957. The lowest BCUT2D eigenvalue weighted by Gasteiger charge is -2.13. The van der Waals surface area contributed by atoms with E-state index in [1.165, 1.54) is 17.7 Å². The summed E-state index contributed by atoms with van der Waals surface area (Å²) >= 11 is 0. The monoisotopic (exact) mass is 362 g/mol. The Morgan fingerprint density at radius 1 is 1.04 bits per heavy atom. The minimum absolute atomic E-state index is 0.181. The van der Waals surface area contributed by atoms with Gasteiger partial charge < -0.3 is 10.2 Å². The molecule has 0 aliphatic heterocycles. The van der Waals surface area contributed by atoms with Gasteiger partial charge in [-0.2, -0.15) is 5.10 Å². The summed E-state index contributed by atoms with van der Waals surface area (Å²) in [5.41, 5.74) is 4.28. The summed E-state index contributed by atoms with van der Waals surface area (Å²) in [5.74, 6) is -0.331. The van der Waals surface area contributed by atoms with Gasteiger partial charge in [0.15, 0.2) is 0 Å². The number of nitrogens with zero attached hydrogens (tertiary/aromatic N) is 2. The third-order valence-electron chi connectivity index (χ3n) is 4.13. The van der Waals surface area contributed by atoms with Crippen molar-refractivity contribution in [1.29, 1.82) is 0 Å². The third-order valence-corrected chi connectivity index (χ3v) is 4.13. The van der Waals surface area contributed by atoms with E-state index in [0.29, 0.717) is 6.54 Å². The molecule has 2 N–H and O–H groups in total. The molecule has 27 heavy (non-hydrogen) atoms. The number of benzene rings is 2. The summed E-state index contributed by atoms with van der Waals surface area (Å²) < 4.78 is 0. The Kier molecular flexibility index (Phi) is 5.78. The van der Waals surface area contributed by atoms with Crippen LogP contribution in [0.3, 0.4) is 0 Å². The van der Waals surface area contributed by atoms with E-state index in [0.717, 1.165) is 23.2 Å². The van der Waals surface area contributed by atoms with Crippen LogP contribution in [0.1, 0.15) is 21.6 Å². The molecule has 0 bridgehead atoms. The summed E-state index contributed by atoms with van der Waals surface area (Å²) in [4.78, 5) is 25.4. The number of carbonyl (C=O) groups is 1. The number of amides is 1. The van der Waals surface area contributed by atoms with E-state index in [1.54, 1.807) is 0 Å². The standard InChI is InChI=1S/C21H22N4O2/c1-25(2)14-15-7-9-16(10-8-15)18-6-4-3-5-17(18)13-22-21(27)19-11-12-20(26)24-23-19/h3-12H,13-14H2,1-2H3,(H,22,27)(H,24,26). The van der Waals surface area contributed by atoms with Crippen molar-refractivity contribution in [2.75, 3.05) is 14.1 Å². The molecule has 0 saturated carbocycles. The molecule has 2 aromatic carbocycles. The molecule has 1 heterocycles. The van der Waals surface area contributed by atoms with Crippen molar-refractivity contribution in [2.45, 2.75) is 13.1 Å². The summed E-state index contributed by atoms with van der Waals surface area (Å²) in [6, 6.07) is 19.1. The molecular weight excluding hydrogens is 340 g/mol. The van der Waals surface area contributed by atoms with E-state index in [4.69, 9.17) is 0 Å². The van der Waals surface area contributed by atoms with Gasteiger partial charge in [-0.3, -0.25) is 9.59 Å². The molecule has 3 aromatic rings. The van der Waals surface area contributed by atoms with Crippen molar-refractivity contribution < 1.29 is 4.79 Å². The Balaban J connectivity index is 1.75. The molecule has 0 fully saturated rings. The Morgan fingerprint density at radius 3 is 2.44 bits per heavy atom.